The molecule has 0 aliphatic heterocycles. The van der Waals surface area contributed by atoms with Gasteiger partial charge in [0.15, 0.2) is 0 Å². The first-order valence-corrected chi connectivity index (χ1v) is 7.87. The van der Waals surface area contributed by atoms with E-state index >= 15 is 0 Å². The van der Waals surface area contributed by atoms with Gasteiger partial charge in [-0.2, -0.15) is 0 Å². The van der Waals surface area contributed by atoms with E-state index in [4.69, 9.17) is 27.6 Å². The smallest absolute Gasteiger partial charge is 0.270 e. The molecule has 0 unspecified atom stereocenters. The van der Waals surface area contributed by atoms with Crippen LogP contribution in [0.4, 0.5) is 11.4 Å². The average Bonchev–Trinajstić information content (AvgIpc) is 3.11. The Morgan fingerprint density at radius 1 is 1.12 bits per heavy atom. The summed E-state index contributed by atoms with van der Waals surface area (Å²) < 4.78 is 5.16. The largest absolute Gasteiger partial charge is 0.467 e. The molecular weight excluding hydrogens is 349 g/mol. The number of rotatable bonds is 5. The highest BCUT2D eigenvalue weighted by molar-refractivity contribution is 6.43. The van der Waals surface area contributed by atoms with E-state index in [9.17, 15) is 4.79 Å². The summed E-state index contributed by atoms with van der Waals surface area (Å²) in [6, 6.07) is 12.2. The molecule has 0 fully saturated rings. The number of nitrogens with one attached hydrogen (secondary N) is 2. The molecule has 3 aromatic rings. The highest BCUT2D eigenvalue weighted by atomic mass is 35.5. The van der Waals surface area contributed by atoms with Gasteiger partial charge in [-0.1, -0.05) is 29.3 Å². The zero-order chi connectivity index (χ0) is 16.9. The van der Waals surface area contributed by atoms with Crippen molar-refractivity contribution in [2.24, 2.45) is 0 Å². The fourth-order valence-corrected chi connectivity index (χ4v) is 2.38. The molecule has 5 nitrogen and oxygen atoms in total. The van der Waals surface area contributed by atoms with Crippen LogP contribution in [0.3, 0.4) is 0 Å². The molecule has 0 atom stereocenters. The monoisotopic (exact) mass is 361 g/mol. The summed E-state index contributed by atoms with van der Waals surface area (Å²) in [6.45, 7) is 0.311. The Morgan fingerprint density at radius 2 is 2.00 bits per heavy atom. The molecule has 1 aromatic carbocycles. The first kappa shape index (κ1) is 16.4. The van der Waals surface area contributed by atoms with Gasteiger partial charge < -0.3 is 15.1 Å². The number of carbonyl (C=O) groups excluding carboxylic acids is 1. The molecule has 7 heteroatoms. The summed E-state index contributed by atoms with van der Waals surface area (Å²) >= 11 is 12.1. The van der Waals surface area contributed by atoms with E-state index in [0.717, 1.165) is 0 Å². The lowest BCUT2D eigenvalue weighted by Gasteiger charge is -2.09. The zero-order valence-corrected chi connectivity index (χ0v) is 13.9. The van der Waals surface area contributed by atoms with Gasteiger partial charge in [0.1, 0.15) is 11.5 Å². The molecule has 1 amide bonds. The molecule has 0 spiro atoms. The van der Waals surface area contributed by atoms with Crippen LogP contribution < -0.4 is 10.6 Å². The Labute approximate surface area is 148 Å². The van der Waals surface area contributed by atoms with E-state index < -0.39 is 0 Å². The van der Waals surface area contributed by atoms with Gasteiger partial charge in [0.2, 0.25) is 0 Å². The lowest BCUT2D eigenvalue weighted by molar-refractivity contribution is 0.0943. The SMILES string of the molecule is O=C(NCc1ccco1)c1ccc(Nc2cccc(Cl)c2Cl)cn1. The Hall–Kier alpha value is -2.50. The van der Waals surface area contributed by atoms with E-state index in [-0.39, 0.29) is 5.91 Å². The summed E-state index contributed by atoms with van der Waals surface area (Å²) in [4.78, 5) is 16.2. The van der Waals surface area contributed by atoms with E-state index in [1.807, 2.05) is 0 Å². The second-order valence-corrected chi connectivity index (χ2v) is 5.71. The van der Waals surface area contributed by atoms with Crippen LogP contribution in [0.1, 0.15) is 16.2 Å². The number of benzene rings is 1. The topological polar surface area (TPSA) is 67.2 Å². The maximum atomic E-state index is 12.0. The minimum atomic E-state index is -0.279. The van der Waals surface area contributed by atoms with Gasteiger partial charge in [-0.3, -0.25) is 4.79 Å². The normalized spacial score (nSPS) is 10.4. The first-order valence-electron chi connectivity index (χ1n) is 7.11. The van der Waals surface area contributed by atoms with Crippen LogP contribution >= 0.6 is 23.2 Å². The minimum Gasteiger partial charge on any atom is -0.467 e. The molecule has 0 aliphatic carbocycles. The highest BCUT2D eigenvalue weighted by Gasteiger charge is 2.09. The average molecular weight is 362 g/mol. The summed E-state index contributed by atoms with van der Waals surface area (Å²) in [6.07, 6.45) is 3.11. The number of hydrogen-bond donors (Lipinski definition) is 2. The molecule has 0 aliphatic rings. The molecule has 24 heavy (non-hydrogen) atoms. The standard InChI is InChI=1S/C17H13Cl2N3O2/c18-13-4-1-5-14(16(13)19)22-11-6-7-15(20-9-11)17(23)21-10-12-3-2-8-24-12/h1-9,22H,10H2,(H,21,23). The molecular formula is C17H13Cl2N3O2. The predicted molar refractivity (Wildman–Crippen MR) is 93.9 cm³/mol. The molecule has 0 bridgehead atoms. The Morgan fingerprint density at radius 3 is 2.71 bits per heavy atom. The number of amides is 1. The highest BCUT2D eigenvalue weighted by Crippen LogP contribution is 2.31. The Kier molecular flexibility index (Phi) is 5.03. The molecule has 2 N–H and O–H groups in total. The summed E-state index contributed by atoms with van der Waals surface area (Å²) in [5, 5.41) is 6.73. The second-order valence-electron chi connectivity index (χ2n) is 4.92. The minimum absolute atomic E-state index is 0.279. The van der Waals surface area contributed by atoms with Crippen molar-refractivity contribution in [2.75, 3.05) is 5.32 Å². The van der Waals surface area contributed by atoms with Crippen LogP contribution in [0.15, 0.2) is 59.3 Å². The number of halogens is 2. The van der Waals surface area contributed by atoms with Crippen LogP contribution in [-0.2, 0) is 6.54 Å². The van der Waals surface area contributed by atoms with Gasteiger partial charge >= 0.3 is 0 Å². The molecule has 2 heterocycles. The number of carbonyl (C=O) groups is 1. The van der Waals surface area contributed by atoms with Crippen molar-refractivity contribution in [1.82, 2.24) is 10.3 Å². The van der Waals surface area contributed by atoms with Crippen molar-refractivity contribution < 1.29 is 9.21 Å². The van der Waals surface area contributed by atoms with Gasteiger partial charge in [-0.15, -0.1) is 0 Å². The van der Waals surface area contributed by atoms with E-state index in [1.54, 1.807) is 54.9 Å². The van der Waals surface area contributed by atoms with Gasteiger partial charge in [0.25, 0.3) is 5.91 Å². The Bertz CT molecular complexity index is 834. The van der Waals surface area contributed by atoms with Crippen LogP contribution in [0, 0.1) is 0 Å². The molecule has 0 saturated carbocycles. The van der Waals surface area contributed by atoms with Gasteiger partial charge in [0, 0.05) is 0 Å². The Balaban J connectivity index is 1.64. The zero-order valence-electron chi connectivity index (χ0n) is 12.4. The fraction of sp³-hybridized carbons (Fsp3) is 0.0588. The maximum absolute atomic E-state index is 12.0. The number of nitrogens with zero attached hydrogens (tertiary/aromatic N) is 1. The summed E-state index contributed by atoms with van der Waals surface area (Å²) in [5.41, 5.74) is 1.67. The van der Waals surface area contributed by atoms with Gasteiger partial charge in [-0.25, -0.2) is 4.98 Å². The third-order valence-corrected chi connectivity index (χ3v) is 4.05. The lowest BCUT2D eigenvalue weighted by Crippen LogP contribution is -2.23. The second kappa shape index (κ2) is 7.38. The van der Waals surface area contributed by atoms with Crippen LogP contribution in [0.5, 0.6) is 0 Å². The molecule has 0 saturated heterocycles. The van der Waals surface area contributed by atoms with Gasteiger partial charge in [0.05, 0.1) is 40.4 Å². The quantitative estimate of drug-likeness (QED) is 0.693. The third kappa shape index (κ3) is 3.88. The van der Waals surface area contributed by atoms with Crippen molar-refractivity contribution in [3.63, 3.8) is 0 Å². The third-order valence-electron chi connectivity index (χ3n) is 3.23. The maximum Gasteiger partial charge on any atom is 0.270 e. The van der Waals surface area contributed by atoms with Crippen molar-refractivity contribution in [1.29, 1.82) is 0 Å². The fourth-order valence-electron chi connectivity index (χ4n) is 2.03. The van der Waals surface area contributed by atoms with E-state index in [1.165, 1.54) is 0 Å². The number of aromatic nitrogens is 1. The molecule has 2 aromatic heterocycles. The van der Waals surface area contributed by atoms with E-state index in [2.05, 4.69) is 15.6 Å². The van der Waals surface area contributed by atoms with Crippen LogP contribution in [0.25, 0.3) is 0 Å². The summed E-state index contributed by atoms with van der Waals surface area (Å²) in [5.74, 6) is 0.399. The molecule has 3 rings (SSSR count). The van der Waals surface area contributed by atoms with Crippen LogP contribution in [0.2, 0.25) is 10.0 Å². The van der Waals surface area contributed by atoms with E-state index in [0.29, 0.717) is 39.4 Å². The summed E-state index contributed by atoms with van der Waals surface area (Å²) in [7, 11) is 0. The van der Waals surface area contributed by atoms with Gasteiger partial charge in [-0.05, 0) is 36.4 Å². The first-order chi connectivity index (χ1) is 11.6. The number of anilines is 2. The van der Waals surface area contributed by atoms with Crippen molar-refractivity contribution in [3.8, 4) is 0 Å². The number of pyridine rings is 1. The van der Waals surface area contributed by atoms with Crippen molar-refractivity contribution in [3.05, 3.63) is 76.4 Å². The number of furan rings is 1. The number of hydrogen-bond acceptors (Lipinski definition) is 4. The van der Waals surface area contributed by atoms with Crippen LogP contribution in [-0.4, -0.2) is 10.9 Å². The molecule has 0 radical (unpaired) electrons. The predicted octanol–water partition coefficient (Wildman–Crippen LogP) is 4.66. The lowest BCUT2D eigenvalue weighted by atomic mass is 10.2. The molecule has 122 valence electrons. The van der Waals surface area contributed by atoms with Crippen molar-refractivity contribution >= 4 is 40.5 Å². The van der Waals surface area contributed by atoms with Crippen molar-refractivity contribution in [2.45, 2.75) is 6.54 Å².